The van der Waals surface area contributed by atoms with Crippen molar-refractivity contribution in [2.24, 2.45) is 5.92 Å². The molecule has 160 valence electrons. The summed E-state index contributed by atoms with van der Waals surface area (Å²) >= 11 is 0. The van der Waals surface area contributed by atoms with E-state index in [0.29, 0.717) is 42.3 Å². The summed E-state index contributed by atoms with van der Waals surface area (Å²) in [7, 11) is 0. The van der Waals surface area contributed by atoms with E-state index in [0.717, 1.165) is 5.69 Å². The summed E-state index contributed by atoms with van der Waals surface area (Å²) in [5.41, 5.74) is 2.02. The van der Waals surface area contributed by atoms with Gasteiger partial charge in [0.1, 0.15) is 17.5 Å². The number of aliphatic hydroxyl groups is 1. The number of aliphatic hydroxyl groups excluding tert-OH is 1. The van der Waals surface area contributed by atoms with Crippen molar-refractivity contribution in [1.82, 2.24) is 15.3 Å². The van der Waals surface area contributed by atoms with Gasteiger partial charge in [0.05, 0.1) is 52.7 Å². The predicted octanol–water partition coefficient (Wildman–Crippen LogP) is 3.22. The van der Waals surface area contributed by atoms with Crippen molar-refractivity contribution in [2.45, 2.75) is 26.0 Å². The summed E-state index contributed by atoms with van der Waals surface area (Å²) in [5.74, 6) is -1.45. The maximum atomic E-state index is 14.8. The molecule has 9 heteroatoms. The second kappa shape index (κ2) is 7.42. The SMILES string of the molecule is CC1CC=C(F)C(c2cc(Nc3ccc(N4CC(O)C4)cn3)c3c(n2)CNC3=O)=C1F. The molecular weight excluding hydrogens is 404 g/mol. The van der Waals surface area contributed by atoms with Crippen LogP contribution in [-0.4, -0.2) is 40.2 Å². The molecule has 2 aliphatic heterocycles. The van der Waals surface area contributed by atoms with Crippen molar-refractivity contribution in [2.75, 3.05) is 23.3 Å². The molecule has 7 nitrogen and oxygen atoms in total. The highest BCUT2D eigenvalue weighted by Crippen LogP contribution is 2.39. The standard InChI is InChI=1S/C22H21F2N5O2/c1-11-2-4-14(23)19(21(11)24)15-6-16(20-17(27-15)8-26-22(20)31)28-18-5-3-12(7-25-18)29-9-13(30)10-29/h3-7,11,13,30H,2,8-10H2,1H3,(H,26,31)(H,25,27,28). The van der Waals surface area contributed by atoms with Crippen LogP contribution in [0.5, 0.6) is 0 Å². The number of β-amino-alcohol motifs (C(OH)–C–C–N with tert-alkyl or cyclic N) is 1. The topological polar surface area (TPSA) is 90.4 Å². The Hall–Kier alpha value is -3.33. The predicted molar refractivity (Wildman–Crippen MR) is 112 cm³/mol. The molecule has 1 aliphatic carbocycles. The summed E-state index contributed by atoms with van der Waals surface area (Å²) in [4.78, 5) is 23.1. The van der Waals surface area contributed by atoms with Crippen LogP contribution in [-0.2, 0) is 6.54 Å². The first-order valence-electron chi connectivity index (χ1n) is 10.1. The molecule has 0 bridgehead atoms. The van der Waals surface area contributed by atoms with Gasteiger partial charge in [0.15, 0.2) is 0 Å². The van der Waals surface area contributed by atoms with Crippen LogP contribution in [0.1, 0.15) is 35.1 Å². The maximum absolute atomic E-state index is 14.8. The number of aromatic nitrogens is 2. The minimum atomic E-state index is -0.648. The number of fused-ring (bicyclic) bond motifs is 1. The van der Waals surface area contributed by atoms with Crippen molar-refractivity contribution >= 4 is 28.7 Å². The molecule has 1 atom stereocenters. The number of carbonyl (C=O) groups is 1. The summed E-state index contributed by atoms with van der Waals surface area (Å²) in [6.07, 6.45) is 3.01. The molecule has 1 unspecified atom stereocenters. The molecule has 1 saturated heterocycles. The van der Waals surface area contributed by atoms with Gasteiger partial charge in [-0.05, 0) is 30.7 Å². The van der Waals surface area contributed by atoms with E-state index in [1.807, 2.05) is 11.0 Å². The van der Waals surface area contributed by atoms with Crippen LogP contribution in [0.25, 0.3) is 5.57 Å². The Kier molecular flexibility index (Phi) is 4.70. The van der Waals surface area contributed by atoms with Crippen LogP contribution in [0.15, 0.2) is 42.1 Å². The molecule has 3 aliphatic rings. The first-order chi connectivity index (χ1) is 14.9. The van der Waals surface area contributed by atoms with E-state index in [4.69, 9.17) is 0 Å². The van der Waals surface area contributed by atoms with E-state index in [1.54, 1.807) is 19.2 Å². The van der Waals surface area contributed by atoms with Crippen molar-refractivity contribution in [3.05, 3.63) is 59.1 Å². The zero-order chi connectivity index (χ0) is 21.7. The highest BCUT2D eigenvalue weighted by Gasteiger charge is 2.30. The maximum Gasteiger partial charge on any atom is 0.255 e. The number of pyridine rings is 2. The number of anilines is 3. The molecule has 0 spiro atoms. The monoisotopic (exact) mass is 425 g/mol. The van der Waals surface area contributed by atoms with Gasteiger partial charge < -0.3 is 20.6 Å². The van der Waals surface area contributed by atoms with Gasteiger partial charge in [0.2, 0.25) is 0 Å². The molecule has 1 amide bonds. The lowest BCUT2D eigenvalue weighted by Gasteiger charge is -2.37. The smallest absolute Gasteiger partial charge is 0.255 e. The molecule has 0 radical (unpaired) electrons. The molecule has 0 aromatic carbocycles. The first-order valence-corrected chi connectivity index (χ1v) is 10.1. The Morgan fingerprint density at radius 1 is 1.29 bits per heavy atom. The van der Waals surface area contributed by atoms with Gasteiger partial charge in [-0.25, -0.2) is 18.7 Å². The fourth-order valence-electron chi connectivity index (χ4n) is 4.00. The van der Waals surface area contributed by atoms with E-state index in [2.05, 4.69) is 20.6 Å². The molecule has 31 heavy (non-hydrogen) atoms. The number of nitrogens with one attached hydrogen (secondary N) is 2. The highest BCUT2D eigenvalue weighted by atomic mass is 19.1. The largest absolute Gasteiger partial charge is 0.389 e. The van der Waals surface area contributed by atoms with E-state index in [-0.39, 0.29) is 29.8 Å². The fourth-order valence-corrected chi connectivity index (χ4v) is 4.00. The molecule has 1 fully saturated rings. The van der Waals surface area contributed by atoms with Crippen LogP contribution < -0.4 is 15.5 Å². The highest BCUT2D eigenvalue weighted by molar-refractivity contribution is 6.04. The van der Waals surface area contributed by atoms with Crippen molar-refractivity contribution in [1.29, 1.82) is 0 Å². The van der Waals surface area contributed by atoms with Gasteiger partial charge in [0.25, 0.3) is 5.91 Å². The van der Waals surface area contributed by atoms with E-state index >= 15 is 0 Å². The summed E-state index contributed by atoms with van der Waals surface area (Å²) in [6.45, 7) is 3.01. The van der Waals surface area contributed by atoms with Crippen LogP contribution in [0.3, 0.4) is 0 Å². The summed E-state index contributed by atoms with van der Waals surface area (Å²) in [5, 5.41) is 15.3. The molecule has 2 aromatic heterocycles. The molecular formula is C22H21F2N5O2. The Bertz CT molecular complexity index is 1120. The van der Waals surface area contributed by atoms with Gasteiger partial charge in [0, 0.05) is 19.0 Å². The van der Waals surface area contributed by atoms with Gasteiger partial charge in [-0.15, -0.1) is 0 Å². The van der Waals surface area contributed by atoms with Crippen LogP contribution >= 0.6 is 0 Å². The Labute approximate surface area is 177 Å². The second-order valence-corrected chi connectivity index (χ2v) is 8.06. The minimum Gasteiger partial charge on any atom is -0.389 e. The van der Waals surface area contributed by atoms with Crippen molar-refractivity contribution in [3.8, 4) is 0 Å². The number of halogens is 2. The van der Waals surface area contributed by atoms with E-state index in [9.17, 15) is 18.7 Å². The second-order valence-electron chi connectivity index (χ2n) is 8.06. The lowest BCUT2D eigenvalue weighted by Crippen LogP contribution is -2.50. The Balaban J connectivity index is 1.50. The minimum absolute atomic E-state index is 0.140. The molecule has 5 rings (SSSR count). The van der Waals surface area contributed by atoms with E-state index < -0.39 is 17.6 Å². The van der Waals surface area contributed by atoms with Crippen LogP contribution in [0, 0.1) is 5.92 Å². The van der Waals surface area contributed by atoms with E-state index in [1.165, 1.54) is 12.1 Å². The van der Waals surface area contributed by atoms with Crippen molar-refractivity contribution < 1.29 is 18.7 Å². The van der Waals surface area contributed by atoms with Crippen LogP contribution in [0.4, 0.5) is 26.0 Å². The zero-order valence-corrected chi connectivity index (χ0v) is 16.8. The lowest BCUT2D eigenvalue weighted by atomic mass is 9.93. The molecule has 0 saturated carbocycles. The number of hydrogen-bond acceptors (Lipinski definition) is 6. The number of rotatable bonds is 4. The number of carbonyl (C=O) groups excluding carboxylic acids is 1. The van der Waals surface area contributed by atoms with Gasteiger partial charge >= 0.3 is 0 Å². The third-order valence-corrected chi connectivity index (χ3v) is 5.79. The van der Waals surface area contributed by atoms with Crippen molar-refractivity contribution in [3.63, 3.8) is 0 Å². The fraction of sp³-hybridized carbons (Fsp3) is 0.318. The van der Waals surface area contributed by atoms with Crippen LogP contribution in [0.2, 0.25) is 0 Å². The normalized spacial score (nSPS) is 20.9. The van der Waals surface area contributed by atoms with Gasteiger partial charge in [-0.1, -0.05) is 6.92 Å². The quantitative estimate of drug-likeness (QED) is 0.697. The number of nitrogens with zero attached hydrogens (tertiary/aromatic N) is 3. The lowest BCUT2D eigenvalue weighted by molar-refractivity contribution is 0.0966. The summed E-state index contributed by atoms with van der Waals surface area (Å²) < 4.78 is 29.3. The molecule has 3 N–H and O–H groups in total. The van der Waals surface area contributed by atoms with Gasteiger partial charge in [-0.2, -0.15) is 0 Å². The van der Waals surface area contributed by atoms with Gasteiger partial charge in [-0.3, -0.25) is 4.79 Å². The first kappa shape index (κ1) is 19.6. The molecule has 4 heterocycles. The third-order valence-electron chi connectivity index (χ3n) is 5.79. The average Bonchev–Trinajstić information content (AvgIpc) is 3.11. The number of hydrogen-bond donors (Lipinski definition) is 3. The Morgan fingerprint density at radius 3 is 2.81 bits per heavy atom. The third kappa shape index (κ3) is 3.44. The average molecular weight is 425 g/mol. The Morgan fingerprint density at radius 2 is 2.10 bits per heavy atom. The number of amides is 1. The molecule has 2 aromatic rings. The summed E-state index contributed by atoms with van der Waals surface area (Å²) in [6, 6.07) is 5.10. The number of allylic oxidation sites excluding steroid dienone is 4. The zero-order valence-electron chi connectivity index (χ0n) is 16.8.